The average Bonchev–Trinajstić information content (AvgIpc) is 1.66. The number of carbonyl (C=O) groups excluding carboxylic acids is 8. The molecule has 0 spiro atoms. The molecule has 0 radical (unpaired) electrons. The van der Waals surface area contributed by atoms with Crippen LogP contribution in [0.5, 0.6) is 92.0 Å². The Morgan fingerprint density at radius 3 is 0.562 bits per heavy atom. The lowest BCUT2D eigenvalue weighted by atomic mass is 9.76. The summed E-state index contributed by atoms with van der Waals surface area (Å²) in [4.78, 5) is 114. The van der Waals surface area contributed by atoms with Crippen LogP contribution in [0.25, 0.3) is 10.4 Å². The molecule has 8 aromatic rings. The number of carbonyl (C=O) groups is 8. The summed E-state index contributed by atoms with van der Waals surface area (Å²) in [5, 5.41) is 28.3. The molecule has 0 aromatic heterocycles. The van der Waals surface area contributed by atoms with Crippen LogP contribution in [-0.4, -0.2) is 53.8 Å². The Balaban J connectivity index is 1.28. The van der Waals surface area contributed by atoms with Gasteiger partial charge in [0.25, 0.3) is 0 Å². The maximum Gasteiger partial charge on any atom is 0.224 e. The smallest absolute Gasteiger partial charge is 0.224 e. The van der Waals surface area contributed by atoms with Crippen molar-refractivity contribution in [2.75, 3.05) is 49.1 Å². The van der Waals surface area contributed by atoms with E-state index in [2.05, 4.69) is 97.6 Å². The lowest BCUT2D eigenvalue weighted by Crippen LogP contribution is -2.15. The van der Waals surface area contributed by atoms with Crippen molar-refractivity contribution in [3.8, 4) is 92.0 Å². The van der Waals surface area contributed by atoms with E-state index in [9.17, 15) is 43.9 Å². The summed E-state index contributed by atoms with van der Waals surface area (Å²) in [7, 11) is 0. The van der Waals surface area contributed by atoms with E-state index in [4.69, 9.17) is 37.9 Å². The van der Waals surface area contributed by atoms with Gasteiger partial charge in [-0.25, -0.2) is 0 Å². The number of hydrogen-bond donors (Lipinski definition) is 8. The number of benzene rings is 8. The second-order valence-electron chi connectivity index (χ2n) is 30.9. The second-order valence-corrected chi connectivity index (χ2v) is 30.9. The molecule has 8 aromatic carbocycles. The molecule has 8 bridgehead atoms. The summed E-state index contributed by atoms with van der Waals surface area (Å²) in [5.74, 6) is -2.34. The van der Waals surface area contributed by atoms with Gasteiger partial charge in [0.05, 0.1) is 45.5 Å². The van der Waals surface area contributed by atoms with E-state index in [1.54, 1.807) is 104 Å². The maximum absolute atomic E-state index is 13.8. The molecule has 0 saturated heterocycles. The van der Waals surface area contributed by atoms with Gasteiger partial charge in [-0.05, 0) is 61.9 Å². The fraction of sp³-hybridized carbons (Fsp3) is 0.404. The van der Waals surface area contributed by atoms with Crippen molar-refractivity contribution >= 4 is 92.8 Å². The predicted octanol–water partition coefficient (Wildman–Crippen LogP) is 24.7. The number of anilines is 8. The minimum absolute atomic E-state index is 0.0730. The first-order valence-corrected chi connectivity index (χ1v) is 42.9. The number of amides is 8. The summed E-state index contributed by atoms with van der Waals surface area (Å²) < 4.78 is 60.6. The number of unbranched alkanes of at least 4 members (excludes halogenated alkanes) is 6. The topological polar surface area (TPSA) is 355 Å². The largest absolute Gasteiger partial charge is 0.453 e. The number of azide groups is 1. The van der Waals surface area contributed by atoms with Crippen molar-refractivity contribution < 1.29 is 76.3 Å². The summed E-state index contributed by atoms with van der Waals surface area (Å²) in [5.41, 5.74) is 17.1. The highest BCUT2D eigenvalue weighted by Crippen LogP contribution is 2.61. The third kappa shape index (κ3) is 19.3. The maximum atomic E-state index is 13.8. The van der Waals surface area contributed by atoms with E-state index in [0.717, 1.165) is 38.5 Å². The summed E-state index contributed by atoms with van der Waals surface area (Å²) in [6.07, 6.45) is 9.77. The SMILES string of the molecule is CCCCCC1c2cc3c4cc2Oc2cc(NC(=O)CC)c(NC(=O)CC)cc2Oc2cc5c(cc21)C(CCCCC)c1cc2c(cc1Oc1cc(NC(=O)CC)c(NC(=O)CC)cc1O5)Oc1cc(NC(=O)CC)c(NC(=O)CC)cc1Oc1cc(c(cc1C2CCCN=[N+]=[N-])C3CCCCC)Oc1cc(NC(=O)CC)c(NC(=O)CC)cc1O4. The molecular weight excluding hydrogens is 1540 g/mol. The Morgan fingerprint density at radius 1 is 0.248 bits per heavy atom. The quantitative estimate of drug-likeness (QED) is 0.00840. The number of nitrogens with zero attached hydrogens (tertiary/aromatic N) is 3. The lowest BCUT2D eigenvalue weighted by molar-refractivity contribution is -0.116. The number of rotatable bonds is 32. The number of fused-ring (bicyclic) bond motifs is 4. The summed E-state index contributed by atoms with van der Waals surface area (Å²) in [6, 6.07) is 29.0. The van der Waals surface area contributed by atoms with E-state index < -0.39 is 23.7 Å². The third-order valence-electron chi connectivity index (χ3n) is 22.5. The van der Waals surface area contributed by atoms with Gasteiger partial charge in [-0.3, -0.25) is 38.4 Å². The highest BCUT2D eigenvalue weighted by molar-refractivity contribution is 6.04. The fourth-order valence-electron chi connectivity index (χ4n) is 15.9. The standard InChI is InChI=1S/C94H107N11O16/c1-12-23-26-30-51-55-35-57-52(31-27-24-13-2)59-37-61-54(33-29-34-96-105-95)62-38-60-53(32-28-25-14-3)58-36-56(51)72-48-74(58)117-82-42-66(100-90(109)18-7)68(102-92(111)20-9)44-84(82)119-76(60)50-78(62)121-86-46-70(104-94(113)22-11)69(103-93(112)21-10)45-85(86)120-77(61)49-75(59)118-83-43-67(101-91(110)19-8)65(99-89(108)17-6)41-81(83)116-73(57)47-71(55)114-79-39-63(97-87(106)15-4)64(40-80(79)115-72)98-88(107)16-5/h35-54H,12-34H2,1-11H3,(H,97,106)(H,98,107)(H,99,108)(H,100,109)(H,101,110)(H,102,111)(H,103,112)(H,104,113). The van der Waals surface area contributed by atoms with Crippen molar-refractivity contribution in [2.24, 2.45) is 5.11 Å². The van der Waals surface area contributed by atoms with Crippen LogP contribution in [0, 0.1) is 0 Å². The highest BCUT2D eigenvalue weighted by Gasteiger charge is 2.40. The Hall–Kier alpha value is -12.8. The zero-order valence-corrected chi connectivity index (χ0v) is 70.7. The van der Waals surface area contributed by atoms with Crippen molar-refractivity contribution in [3.05, 3.63) is 152 Å². The minimum Gasteiger partial charge on any atom is -0.453 e. The van der Waals surface area contributed by atoms with Crippen LogP contribution in [0.1, 0.15) is 286 Å². The molecule has 4 heterocycles. The molecular formula is C94H107N11O16. The van der Waals surface area contributed by atoms with Crippen molar-refractivity contribution in [1.29, 1.82) is 0 Å². The van der Waals surface area contributed by atoms with Gasteiger partial charge in [-0.2, -0.15) is 0 Å². The zero-order chi connectivity index (χ0) is 85.7. The first kappa shape index (κ1) is 86.1. The molecule has 8 N–H and O–H groups in total. The van der Waals surface area contributed by atoms with Gasteiger partial charge < -0.3 is 80.4 Å². The Bertz CT molecular complexity index is 5110. The number of nitrogens with one attached hydrogen (secondary N) is 8. The summed E-state index contributed by atoms with van der Waals surface area (Å²) >= 11 is 0. The molecule has 2 atom stereocenters. The van der Waals surface area contributed by atoms with Crippen LogP contribution in [0.2, 0.25) is 0 Å². The molecule has 4 aliphatic heterocycles. The molecule has 5 aliphatic rings. The van der Waals surface area contributed by atoms with Gasteiger partial charge >= 0.3 is 0 Å². The molecule has 0 saturated carbocycles. The Labute approximate surface area is 704 Å². The van der Waals surface area contributed by atoms with Crippen LogP contribution in [-0.2, 0) is 38.4 Å². The van der Waals surface area contributed by atoms with Gasteiger partial charge in [-0.1, -0.05) is 139 Å². The van der Waals surface area contributed by atoms with Gasteiger partial charge in [0.2, 0.25) is 47.3 Å². The first-order valence-electron chi connectivity index (χ1n) is 42.9. The molecule has 13 rings (SSSR count). The molecule has 2 unspecified atom stereocenters. The van der Waals surface area contributed by atoms with Crippen molar-refractivity contribution in [1.82, 2.24) is 0 Å². The third-order valence-corrected chi connectivity index (χ3v) is 22.5. The molecule has 8 amide bonds. The Kier molecular flexibility index (Phi) is 27.7. The monoisotopic (exact) mass is 1650 g/mol. The Morgan fingerprint density at radius 2 is 0.413 bits per heavy atom. The van der Waals surface area contributed by atoms with E-state index in [0.29, 0.717) is 124 Å². The molecule has 634 valence electrons. The van der Waals surface area contributed by atoms with Crippen molar-refractivity contribution in [3.63, 3.8) is 0 Å². The first-order chi connectivity index (χ1) is 58.6. The van der Waals surface area contributed by atoms with Crippen LogP contribution < -0.4 is 80.4 Å². The fourth-order valence-corrected chi connectivity index (χ4v) is 15.9. The minimum atomic E-state index is -0.762. The van der Waals surface area contributed by atoms with E-state index in [1.807, 2.05) is 24.3 Å². The van der Waals surface area contributed by atoms with E-state index in [-0.39, 0.29) is 215 Å². The van der Waals surface area contributed by atoms with Crippen LogP contribution in [0.3, 0.4) is 0 Å². The average molecular weight is 1650 g/mol. The predicted molar refractivity (Wildman–Crippen MR) is 467 cm³/mol. The van der Waals surface area contributed by atoms with E-state index in [1.165, 1.54) is 0 Å². The van der Waals surface area contributed by atoms with Gasteiger partial charge in [-0.15, -0.1) is 0 Å². The van der Waals surface area contributed by atoms with E-state index >= 15 is 0 Å². The molecule has 121 heavy (non-hydrogen) atoms. The summed E-state index contributed by atoms with van der Waals surface area (Å²) in [6.45, 7) is 20.3. The van der Waals surface area contributed by atoms with Gasteiger partial charge in [0, 0.05) is 204 Å². The molecule has 27 nitrogen and oxygen atoms in total. The zero-order valence-electron chi connectivity index (χ0n) is 70.7. The number of ether oxygens (including phenoxy) is 8. The lowest BCUT2D eigenvalue weighted by Gasteiger charge is -2.30. The molecule has 1 aliphatic carbocycles. The van der Waals surface area contributed by atoms with Gasteiger partial charge in [0.1, 0.15) is 46.0 Å². The highest BCUT2D eigenvalue weighted by atomic mass is 16.5. The van der Waals surface area contributed by atoms with Crippen LogP contribution in [0.15, 0.2) is 102 Å². The van der Waals surface area contributed by atoms with Crippen LogP contribution in [0.4, 0.5) is 45.5 Å². The van der Waals surface area contributed by atoms with Gasteiger partial charge in [0.15, 0.2) is 46.0 Å². The van der Waals surface area contributed by atoms with Crippen molar-refractivity contribution in [2.45, 2.75) is 241 Å². The normalized spacial score (nSPS) is 15.0. The molecule has 27 heteroatoms. The van der Waals surface area contributed by atoms with Crippen LogP contribution >= 0.6 is 0 Å². The second kappa shape index (κ2) is 39.0. The molecule has 0 fully saturated rings. The number of hydrogen-bond acceptors (Lipinski definition) is 17.